The van der Waals surface area contributed by atoms with E-state index in [2.05, 4.69) is 27.6 Å². The smallest absolute Gasteiger partial charge is 0.255 e. The SMILES string of the molecule is CCn1ncc2c(N[C@H](C)C3CCCCC3)c(C(=O)NCc3ccc(F)c(F)c3)cnc21. The molecule has 1 atom stereocenters. The van der Waals surface area contributed by atoms with E-state index in [0.29, 0.717) is 23.6 Å². The van der Waals surface area contributed by atoms with E-state index in [-0.39, 0.29) is 18.5 Å². The van der Waals surface area contributed by atoms with Crippen molar-refractivity contribution in [2.75, 3.05) is 5.32 Å². The molecule has 0 spiro atoms. The third-order valence-corrected chi connectivity index (χ3v) is 6.38. The molecular weight excluding hydrogens is 412 g/mol. The van der Waals surface area contributed by atoms with Crippen molar-refractivity contribution in [1.82, 2.24) is 20.1 Å². The molecule has 3 aromatic rings. The minimum Gasteiger partial charge on any atom is -0.381 e. The molecule has 1 aliphatic carbocycles. The number of pyridine rings is 1. The highest BCUT2D eigenvalue weighted by atomic mass is 19.2. The first-order chi connectivity index (χ1) is 15.5. The van der Waals surface area contributed by atoms with Crippen LogP contribution in [0, 0.1) is 17.6 Å². The summed E-state index contributed by atoms with van der Waals surface area (Å²) in [4.78, 5) is 17.6. The quantitative estimate of drug-likeness (QED) is 0.539. The number of hydrogen-bond acceptors (Lipinski definition) is 4. The van der Waals surface area contributed by atoms with Crippen LogP contribution in [0.5, 0.6) is 0 Å². The summed E-state index contributed by atoms with van der Waals surface area (Å²) in [6.07, 6.45) is 9.41. The molecule has 1 aromatic carbocycles. The zero-order chi connectivity index (χ0) is 22.7. The van der Waals surface area contributed by atoms with Gasteiger partial charge in [-0.2, -0.15) is 5.10 Å². The highest BCUT2D eigenvalue weighted by Crippen LogP contribution is 2.32. The summed E-state index contributed by atoms with van der Waals surface area (Å²) in [7, 11) is 0. The number of hydrogen-bond donors (Lipinski definition) is 2. The topological polar surface area (TPSA) is 71.8 Å². The molecule has 2 N–H and O–H groups in total. The van der Waals surface area contributed by atoms with Crippen molar-refractivity contribution in [3.05, 3.63) is 53.4 Å². The van der Waals surface area contributed by atoms with Crippen LogP contribution in [0.2, 0.25) is 0 Å². The van der Waals surface area contributed by atoms with Gasteiger partial charge in [0.25, 0.3) is 5.91 Å². The molecule has 1 amide bonds. The Balaban J connectivity index is 1.61. The van der Waals surface area contributed by atoms with E-state index in [0.717, 1.165) is 28.9 Å². The molecule has 6 nitrogen and oxygen atoms in total. The number of aromatic nitrogens is 3. The predicted octanol–water partition coefficient (Wildman–Crippen LogP) is 5.04. The van der Waals surface area contributed by atoms with Gasteiger partial charge in [-0.15, -0.1) is 0 Å². The lowest BCUT2D eigenvalue weighted by Crippen LogP contribution is -2.30. The Kier molecular flexibility index (Phi) is 6.67. The molecule has 0 aliphatic heterocycles. The van der Waals surface area contributed by atoms with Crippen molar-refractivity contribution in [3.63, 3.8) is 0 Å². The number of anilines is 1. The summed E-state index contributed by atoms with van der Waals surface area (Å²) in [6, 6.07) is 3.80. The van der Waals surface area contributed by atoms with Gasteiger partial charge in [0.2, 0.25) is 0 Å². The molecular formula is C24H29F2N5O. The Labute approximate surface area is 186 Å². The Morgan fingerprint density at radius 3 is 2.69 bits per heavy atom. The number of benzene rings is 1. The third-order valence-electron chi connectivity index (χ3n) is 6.38. The van der Waals surface area contributed by atoms with E-state index in [9.17, 15) is 13.6 Å². The van der Waals surface area contributed by atoms with Crippen LogP contribution in [0.25, 0.3) is 11.0 Å². The fraction of sp³-hybridized carbons (Fsp3) is 0.458. The van der Waals surface area contributed by atoms with Gasteiger partial charge in [-0.3, -0.25) is 4.79 Å². The van der Waals surface area contributed by atoms with Gasteiger partial charge in [-0.25, -0.2) is 18.4 Å². The van der Waals surface area contributed by atoms with E-state index < -0.39 is 11.6 Å². The summed E-state index contributed by atoms with van der Waals surface area (Å²) >= 11 is 0. The van der Waals surface area contributed by atoms with Gasteiger partial charge in [0, 0.05) is 25.3 Å². The Morgan fingerprint density at radius 2 is 1.97 bits per heavy atom. The monoisotopic (exact) mass is 441 g/mol. The number of nitrogens with zero attached hydrogens (tertiary/aromatic N) is 3. The van der Waals surface area contributed by atoms with Gasteiger partial charge in [-0.05, 0) is 50.3 Å². The first-order valence-electron chi connectivity index (χ1n) is 11.3. The summed E-state index contributed by atoms with van der Waals surface area (Å²) in [5.41, 5.74) is 2.34. The van der Waals surface area contributed by atoms with Crippen LogP contribution in [0.4, 0.5) is 14.5 Å². The van der Waals surface area contributed by atoms with Gasteiger partial charge in [0.05, 0.1) is 22.8 Å². The van der Waals surface area contributed by atoms with Crippen LogP contribution in [-0.4, -0.2) is 26.7 Å². The number of aryl methyl sites for hydroxylation is 1. The maximum absolute atomic E-state index is 13.5. The normalized spacial score (nSPS) is 15.6. The maximum atomic E-state index is 13.5. The standard InChI is InChI=1S/C24H29F2N5O/c1-3-31-23-18(14-29-31)22(30-15(2)17-7-5-4-6-8-17)19(13-27-23)24(32)28-12-16-9-10-20(25)21(26)11-16/h9-11,13-15,17H,3-8,12H2,1-2H3,(H,27,30)(H,28,32)/t15-/m1/s1. The molecule has 4 rings (SSSR count). The van der Waals surface area contributed by atoms with Gasteiger partial charge in [0.1, 0.15) is 0 Å². The fourth-order valence-corrected chi connectivity index (χ4v) is 4.49. The number of nitrogens with one attached hydrogen (secondary N) is 2. The zero-order valence-corrected chi connectivity index (χ0v) is 18.5. The first kappa shape index (κ1) is 22.2. The van der Waals surface area contributed by atoms with E-state index in [1.54, 1.807) is 17.1 Å². The second-order valence-electron chi connectivity index (χ2n) is 8.51. The van der Waals surface area contributed by atoms with Crippen LogP contribution >= 0.6 is 0 Å². The van der Waals surface area contributed by atoms with Crippen LogP contribution in [-0.2, 0) is 13.1 Å². The Bertz CT molecular complexity index is 1110. The van der Waals surface area contributed by atoms with E-state index in [4.69, 9.17) is 0 Å². The van der Waals surface area contributed by atoms with Gasteiger partial charge in [0.15, 0.2) is 17.3 Å². The van der Waals surface area contributed by atoms with Crippen molar-refractivity contribution in [2.45, 2.75) is 65.1 Å². The van der Waals surface area contributed by atoms with Crippen LogP contribution in [0.15, 0.2) is 30.6 Å². The minimum absolute atomic E-state index is 0.0832. The van der Waals surface area contributed by atoms with Crippen molar-refractivity contribution >= 4 is 22.6 Å². The minimum atomic E-state index is -0.935. The summed E-state index contributed by atoms with van der Waals surface area (Å²) < 4.78 is 28.5. The summed E-state index contributed by atoms with van der Waals surface area (Å²) in [6.45, 7) is 4.92. The molecule has 170 valence electrons. The van der Waals surface area contributed by atoms with Crippen molar-refractivity contribution < 1.29 is 13.6 Å². The first-order valence-corrected chi connectivity index (χ1v) is 11.3. The molecule has 1 saturated carbocycles. The molecule has 1 aliphatic rings. The highest BCUT2D eigenvalue weighted by molar-refractivity contribution is 6.06. The molecule has 2 aromatic heterocycles. The number of rotatable bonds is 7. The number of halogens is 2. The maximum Gasteiger partial charge on any atom is 0.255 e. The van der Waals surface area contributed by atoms with Gasteiger partial charge in [-0.1, -0.05) is 25.3 Å². The molecule has 0 unspecified atom stereocenters. The third kappa shape index (κ3) is 4.59. The summed E-state index contributed by atoms with van der Waals surface area (Å²) in [5, 5.41) is 11.6. The molecule has 0 saturated heterocycles. The second-order valence-corrected chi connectivity index (χ2v) is 8.51. The van der Waals surface area contributed by atoms with E-state index in [1.807, 2.05) is 6.92 Å². The number of amides is 1. The lowest BCUT2D eigenvalue weighted by atomic mass is 9.84. The van der Waals surface area contributed by atoms with E-state index in [1.165, 1.54) is 38.2 Å². The molecule has 2 heterocycles. The van der Waals surface area contributed by atoms with Crippen molar-refractivity contribution in [1.29, 1.82) is 0 Å². The molecule has 0 bridgehead atoms. The molecule has 0 radical (unpaired) electrons. The van der Waals surface area contributed by atoms with Gasteiger partial charge >= 0.3 is 0 Å². The number of carbonyl (C=O) groups is 1. The fourth-order valence-electron chi connectivity index (χ4n) is 4.49. The largest absolute Gasteiger partial charge is 0.381 e. The average Bonchev–Trinajstić information content (AvgIpc) is 3.24. The average molecular weight is 442 g/mol. The van der Waals surface area contributed by atoms with E-state index >= 15 is 0 Å². The predicted molar refractivity (Wildman–Crippen MR) is 120 cm³/mol. The number of fused-ring (bicyclic) bond motifs is 1. The summed E-state index contributed by atoms with van der Waals surface area (Å²) in [5.74, 6) is -1.63. The zero-order valence-electron chi connectivity index (χ0n) is 18.5. The molecule has 1 fully saturated rings. The lowest BCUT2D eigenvalue weighted by Gasteiger charge is -2.29. The number of carbonyl (C=O) groups excluding carboxylic acids is 1. The van der Waals surface area contributed by atoms with Crippen LogP contribution in [0.3, 0.4) is 0 Å². The van der Waals surface area contributed by atoms with Crippen LogP contribution < -0.4 is 10.6 Å². The van der Waals surface area contributed by atoms with Crippen LogP contribution in [0.1, 0.15) is 61.9 Å². The van der Waals surface area contributed by atoms with Gasteiger partial charge < -0.3 is 10.6 Å². The van der Waals surface area contributed by atoms with Crippen molar-refractivity contribution in [3.8, 4) is 0 Å². The van der Waals surface area contributed by atoms with Crippen molar-refractivity contribution in [2.24, 2.45) is 5.92 Å². The lowest BCUT2D eigenvalue weighted by molar-refractivity contribution is 0.0951. The Hall–Kier alpha value is -3.03. The Morgan fingerprint density at radius 1 is 1.19 bits per heavy atom. The molecule has 8 heteroatoms. The highest BCUT2D eigenvalue weighted by Gasteiger charge is 2.24. The molecule has 32 heavy (non-hydrogen) atoms. The second kappa shape index (κ2) is 9.63.